The first-order valence-electron chi connectivity index (χ1n) is 15.0. The zero-order valence-electron chi connectivity index (χ0n) is 25.5. The summed E-state index contributed by atoms with van der Waals surface area (Å²) in [6, 6.07) is 12.6. The first-order valence-corrected chi connectivity index (χ1v) is 16.5. The van der Waals surface area contributed by atoms with Gasteiger partial charge in [0.05, 0.1) is 23.8 Å². The largest absolute Gasteiger partial charge is 0.542 e. The van der Waals surface area contributed by atoms with Gasteiger partial charge < -0.3 is 24.3 Å². The molecular weight excluding hydrogens is 645 g/mol. The number of imidazole rings is 1. The Kier molecular flexibility index (Phi) is 10.3. The fourth-order valence-electron chi connectivity index (χ4n) is 5.83. The van der Waals surface area contributed by atoms with Gasteiger partial charge in [-0.3, -0.25) is 23.5 Å². The quantitative estimate of drug-likeness (QED) is 0.256. The number of fused-ring (bicyclic) bond motifs is 2. The van der Waals surface area contributed by atoms with Crippen molar-refractivity contribution in [2.45, 2.75) is 51.7 Å². The van der Waals surface area contributed by atoms with Gasteiger partial charge in [0.2, 0.25) is 0 Å². The molecule has 0 N–H and O–H groups in total. The molecule has 2 saturated heterocycles. The van der Waals surface area contributed by atoms with Crippen LogP contribution in [0.15, 0.2) is 42.5 Å². The topological polar surface area (TPSA) is 142 Å². The van der Waals surface area contributed by atoms with E-state index in [-0.39, 0.29) is 37.0 Å². The van der Waals surface area contributed by atoms with E-state index in [4.69, 9.17) is 19.4 Å². The Balaban J connectivity index is 0.000000559. The monoisotopic (exact) mass is 678 g/mol. The van der Waals surface area contributed by atoms with Crippen molar-refractivity contribution in [3.63, 3.8) is 0 Å². The molecule has 1 aromatic heterocycles. The van der Waals surface area contributed by atoms with Crippen LogP contribution in [0, 0.1) is 0 Å². The summed E-state index contributed by atoms with van der Waals surface area (Å²) in [4.78, 5) is 50.9. The number of ether oxygens (including phenoxy) is 2. The molecule has 0 aliphatic carbocycles. The van der Waals surface area contributed by atoms with Crippen molar-refractivity contribution in [2.24, 2.45) is 0 Å². The Morgan fingerprint density at radius 1 is 1.09 bits per heavy atom. The highest BCUT2D eigenvalue weighted by Gasteiger charge is 2.39. The van der Waals surface area contributed by atoms with Crippen molar-refractivity contribution < 1.29 is 55.7 Å². The second-order valence-corrected chi connectivity index (χ2v) is 12.8. The molecule has 0 spiro atoms. The predicted octanol–water partition coefficient (Wildman–Crippen LogP) is 1.19. The van der Waals surface area contributed by atoms with E-state index in [1.165, 1.54) is 4.90 Å². The number of carboxylic acid groups (broad SMARTS) is 1. The first kappa shape index (κ1) is 34.0. The van der Waals surface area contributed by atoms with E-state index in [0.29, 0.717) is 61.2 Å². The fourth-order valence-corrected chi connectivity index (χ4v) is 6.88. The molecule has 252 valence electrons. The number of hydrogen-bond donors (Lipinski definition) is 0. The highest BCUT2D eigenvalue weighted by molar-refractivity contribution is 7.85. The Hall–Kier alpha value is -4.31. The van der Waals surface area contributed by atoms with Crippen LogP contribution in [0.5, 0.6) is 5.75 Å². The number of aromatic nitrogens is 2. The minimum atomic E-state index is -5.19. The normalized spacial score (nSPS) is 18.3. The van der Waals surface area contributed by atoms with Crippen LogP contribution in [0.2, 0.25) is 0 Å². The minimum absolute atomic E-state index is 0.0256. The maximum Gasteiger partial charge on any atom is 0.430 e. The van der Waals surface area contributed by atoms with Gasteiger partial charge in [-0.1, -0.05) is 12.1 Å². The van der Waals surface area contributed by atoms with Crippen LogP contribution >= 0.6 is 0 Å². The second-order valence-electron chi connectivity index (χ2n) is 11.1. The van der Waals surface area contributed by atoms with Gasteiger partial charge in [-0.2, -0.15) is 13.2 Å². The molecule has 3 aliphatic rings. The summed E-state index contributed by atoms with van der Waals surface area (Å²) in [5, 5.41) is 8.78. The summed E-state index contributed by atoms with van der Waals surface area (Å²) in [6.45, 7) is 4.97. The van der Waals surface area contributed by atoms with E-state index in [1.807, 2.05) is 25.1 Å². The molecule has 0 bridgehead atoms. The molecule has 0 radical (unpaired) electrons. The smallest absolute Gasteiger partial charge is 0.430 e. The Labute approximate surface area is 270 Å². The van der Waals surface area contributed by atoms with Gasteiger partial charge in [0, 0.05) is 48.1 Å². The number of aryl methyl sites for hydroxylation is 1. The molecule has 12 nitrogen and oxygen atoms in total. The van der Waals surface area contributed by atoms with Gasteiger partial charge in [0.25, 0.3) is 23.5 Å². The SMILES string of the molecule is CC[n+]1c(CN2C(=O)c3ccccc3C2=O)n(C[C@@H]2CCCO2)c2cc(OCC(=O)N3CCS(=O)CC3)ccc21.O=C([O-])C(F)(F)F. The highest BCUT2D eigenvalue weighted by atomic mass is 32.2. The maximum absolute atomic E-state index is 13.2. The predicted molar refractivity (Wildman–Crippen MR) is 158 cm³/mol. The van der Waals surface area contributed by atoms with Gasteiger partial charge in [-0.25, -0.2) is 9.13 Å². The molecule has 0 saturated carbocycles. The number of carboxylic acids is 1. The molecule has 3 amide bonds. The van der Waals surface area contributed by atoms with E-state index < -0.39 is 22.9 Å². The van der Waals surface area contributed by atoms with E-state index in [1.54, 1.807) is 29.2 Å². The van der Waals surface area contributed by atoms with Gasteiger partial charge >= 0.3 is 6.18 Å². The molecule has 16 heteroatoms. The summed E-state index contributed by atoms with van der Waals surface area (Å²) < 4.78 is 59.3. The molecule has 6 rings (SSSR count). The second kappa shape index (κ2) is 14.2. The molecule has 3 aliphatic heterocycles. The summed E-state index contributed by atoms with van der Waals surface area (Å²) in [6.07, 6.45) is -3.24. The number of carbonyl (C=O) groups excluding carboxylic acids is 4. The molecule has 47 heavy (non-hydrogen) atoms. The van der Waals surface area contributed by atoms with Crippen LogP contribution in [0.25, 0.3) is 11.0 Å². The lowest BCUT2D eigenvalue weighted by Crippen LogP contribution is -2.43. The molecule has 2 aromatic carbocycles. The number of carbonyl (C=O) groups is 4. The summed E-state index contributed by atoms with van der Waals surface area (Å²) >= 11 is 0. The molecule has 1 atom stereocenters. The van der Waals surface area contributed by atoms with E-state index in [0.717, 1.165) is 29.7 Å². The van der Waals surface area contributed by atoms with E-state index in [9.17, 15) is 31.8 Å². The number of hydrogen-bond acceptors (Lipinski definition) is 8. The average molecular weight is 679 g/mol. The fraction of sp³-hybridized carbons (Fsp3) is 0.452. The zero-order valence-corrected chi connectivity index (χ0v) is 26.3. The van der Waals surface area contributed by atoms with Crippen molar-refractivity contribution in [1.29, 1.82) is 0 Å². The number of halogens is 3. The number of benzene rings is 2. The highest BCUT2D eigenvalue weighted by Crippen LogP contribution is 2.28. The number of aliphatic carboxylic acids is 1. The van der Waals surface area contributed by atoms with Crippen LogP contribution in [-0.2, 0) is 44.8 Å². The number of nitrogens with zero attached hydrogens (tertiary/aromatic N) is 4. The number of alkyl halides is 3. The number of imide groups is 1. The van der Waals surface area contributed by atoms with Crippen LogP contribution in [0.3, 0.4) is 0 Å². The van der Waals surface area contributed by atoms with Crippen molar-refractivity contribution in [1.82, 2.24) is 14.4 Å². The van der Waals surface area contributed by atoms with Crippen LogP contribution in [-0.4, -0.2) is 92.4 Å². The first-order chi connectivity index (χ1) is 22.4. The maximum atomic E-state index is 13.2. The van der Waals surface area contributed by atoms with Crippen LogP contribution in [0.4, 0.5) is 13.2 Å². The number of amides is 3. The van der Waals surface area contributed by atoms with Crippen LogP contribution in [0.1, 0.15) is 46.3 Å². The Bertz CT molecular complexity index is 1680. The van der Waals surface area contributed by atoms with E-state index in [2.05, 4.69) is 9.13 Å². The average Bonchev–Trinajstić information content (AvgIpc) is 3.73. The standard InChI is InChI=1S/C29H33N4O6S.C2HF3O2/c1-2-31-24-10-9-20(39-19-27(34)30-11-14-40(37)15-12-30)16-25(24)32(17-21-6-5-13-38-21)26(31)18-33-28(35)22-7-3-4-8-23(22)29(33)36;3-2(4,5)1(6)7/h3-4,7-10,16,21H,2,5-6,11-15,17-19H2,1H3;(H,6,7)/q+1;/p-1/t21-;/m0./s1. The van der Waals surface area contributed by atoms with Gasteiger partial charge in [-0.05, 0) is 44.0 Å². The van der Waals surface area contributed by atoms with Crippen molar-refractivity contribution in [3.05, 3.63) is 59.4 Å². The molecule has 2 fully saturated rings. The molecule has 0 unspecified atom stereocenters. The minimum Gasteiger partial charge on any atom is -0.542 e. The van der Waals surface area contributed by atoms with Crippen LogP contribution < -0.4 is 14.4 Å². The number of rotatable bonds is 8. The van der Waals surface area contributed by atoms with Crippen molar-refractivity contribution in [3.8, 4) is 5.75 Å². The third-order valence-electron chi connectivity index (χ3n) is 8.18. The Morgan fingerprint density at radius 2 is 1.72 bits per heavy atom. The zero-order chi connectivity index (χ0) is 33.9. The lowest BCUT2D eigenvalue weighted by Gasteiger charge is -2.26. The van der Waals surface area contributed by atoms with E-state index >= 15 is 0 Å². The molecular formula is C31H33F3N4O8S. The van der Waals surface area contributed by atoms with Gasteiger partial charge in [-0.15, -0.1) is 0 Å². The Morgan fingerprint density at radius 3 is 2.28 bits per heavy atom. The molecule has 3 aromatic rings. The summed E-state index contributed by atoms with van der Waals surface area (Å²) in [7, 11) is -0.853. The third kappa shape index (κ3) is 7.48. The summed E-state index contributed by atoms with van der Waals surface area (Å²) in [5.41, 5.74) is 2.70. The van der Waals surface area contributed by atoms with Crippen molar-refractivity contribution in [2.75, 3.05) is 37.8 Å². The van der Waals surface area contributed by atoms with Crippen molar-refractivity contribution >= 4 is 45.5 Å². The third-order valence-corrected chi connectivity index (χ3v) is 9.46. The van der Waals surface area contributed by atoms with Gasteiger partial charge in [0.1, 0.15) is 24.8 Å². The summed E-state index contributed by atoms with van der Waals surface area (Å²) in [5.74, 6) is -1.32. The lowest BCUT2D eigenvalue weighted by atomic mass is 10.1. The molecule has 4 heterocycles. The lowest BCUT2D eigenvalue weighted by molar-refractivity contribution is -0.677. The van der Waals surface area contributed by atoms with Gasteiger partial charge in [0.15, 0.2) is 17.6 Å².